The smallest absolute Gasteiger partial charge is 0.187 e. The molecular weight excluding hydrogens is 228 g/mol. The molecule has 3 nitrogen and oxygen atoms in total. The summed E-state index contributed by atoms with van der Waals surface area (Å²) in [6.45, 7) is 4.62. The molecule has 2 N–H and O–H groups in total. The van der Waals surface area contributed by atoms with Crippen molar-refractivity contribution in [1.29, 1.82) is 0 Å². The third-order valence-electron chi connectivity index (χ3n) is 2.35. The molecule has 0 atom stereocenters. The minimum atomic E-state index is -0.952. The Bertz CT molecular complexity index is 371. The number of benzene rings is 1. The number of phenols is 1. The molecule has 0 aliphatic heterocycles. The monoisotopic (exact) mass is 245 g/mol. The van der Waals surface area contributed by atoms with Gasteiger partial charge < -0.3 is 15.2 Å². The van der Waals surface area contributed by atoms with E-state index in [2.05, 4.69) is 5.32 Å². The van der Waals surface area contributed by atoms with Gasteiger partial charge in [-0.15, -0.1) is 0 Å². The molecule has 0 unspecified atom stereocenters. The van der Waals surface area contributed by atoms with Gasteiger partial charge in [-0.2, -0.15) is 0 Å². The first kappa shape index (κ1) is 13.9. The molecule has 0 aromatic heterocycles. The van der Waals surface area contributed by atoms with Crippen LogP contribution in [0, 0.1) is 11.6 Å². The lowest BCUT2D eigenvalue weighted by Gasteiger charge is -2.25. The van der Waals surface area contributed by atoms with Crippen molar-refractivity contribution < 1.29 is 18.6 Å². The second kappa shape index (κ2) is 5.42. The Kier molecular flexibility index (Phi) is 4.42. The second-order valence-corrected chi connectivity index (χ2v) is 4.58. The molecule has 5 heteroatoms. The maximum absolute atomic E-state index is 13.1. The molecule has 0 spiro atoms. The first-order chi connectivity index (χ1) is 7.85. The molecular formula is C12H17F2NO2. The van der Waals surface area contributed by atoms with Crippen LogP contribution in [0.5, 0.6) is 5.75 Å². The number of hydrogen-bond acceptors (Lipinski definition) is 3. The number of nitrogens with one attached hydrogen (secondary N) is 1. The van der Waals surface area contributed by atoms with Crippen molar-refractivity contribution in [2.75, 3.05) is 13.7 Å². The van der Waals surface area contributed by atoms with E-state index in [9.17, 15) is 8.78 Å². The number of methoxy groups -OCH3 is 1. The van der Waals surface area contributed by atoms with Crippen molar-refractivity contribution in [2.45, 2.75) is 25.9 Å². The van der Waals surface area contributed by atoms with Gasteiger partial charge in [-0.05, 0) is 31.5 Å². The number of hydrogen-bond donors (Lipinski definition) is 2. The molecule has 0 fully saturated rings. The van der Waals surface area contributed by atoms with Crippen LogP contribution in [-0.4, -0.2) is 24.4 Å². The Morgan fingerprint density at radius 3 is 2.29 bits per heavy atom. The van der Waals surface area contributed by atoms with Crippen LogP contribution in [0.4, 0.5) is 8.78 Å². The highest BCUT2D eigenvalue weighted by Crippen LogP contribution is 2.21. The van der Waals surface area contributed by atoms with Crippen LogP contribution in [0.1, 0.15) is 19.4 Å². The molecule has 1 rings (SSSR count). The van der Waals surface area contributed by atoms with E-state index >= 15 is 0 Å². The Morgan fingerprint density at radius 1 is 1.29 bits per heavy atom. The topological polar surface area (TPSA) is 41.5 Å². The predicted molar refractivity (Wildman–Crippen MR) is 60.8 cm³/mol. The highest BCUT2D eigenvalue weighted by Gasteiger charge is 2.17. The molecule has 0 heterocycles. The average molecular weight is 245 g/mol. The molecule has 96 valence electrons. The predicted octanol–water partition coefficient (Wildman–Crippen LogP) is 2.18. The lowest BCUT2D eigenvalue weighted by molar-refractivity contribution is 0.127. The summed E-state index contributed by atoms with van der Waals surface area (Å²) in [5.41, 5.74) is 0.140. The summed E-state index contributed by atoms with van der Waals surface area (Å²) in [7, 11) is 1.59. The highest BCUT2D eigenvalue weighted by atomic mass is 19.1. The van der Waals surface area contributed by atoms with Crippen molar-refractivity contribution >= 4 is 0 Å². The van der Waals surface area contributed by atoms with Crippen molar-refractivity contribution in [3.05, 3.63) is 29.3 Å². The zero-order valence-corrected chi connectivity index (χ0v) is 10.2. The maximum atomic E-state index is 13.1. The van der Waals surface area contributed by atoms with Crippen LogP contribution in [0.3, 0.4) is 0 Å². The van der Waals surface area contributed by atoms with Crippen molar-refractivity contribution in [1.82, 2.24) is 5.32 Å². The van der Waals surface area contributed by atoms with Gasteiger partial charge in [-0.3, -0.25) is 0 Å². The minimum Gasteiger partial charge on any atom is -0.503 e. The summed E-state index contributed by atoms with van der Waals surface area (Å²) < 4.78 is 31.1. The van der Waals surface area contributed by atoms with E-state index in [0.717, 1.165) is 12.1 Å². The van der Waals surface area contributed by atoms with Crippen molar-refractivity contribution in [3.8, 4) is 5.75 Å². The fourth-order valence-electron chi connectivity index (χ4n) is 1.47. The van der Waals surface area contributed by atoms with Crippen molar-refractivity contribution in [2.24, 2.45) is 0 Å². The SMILES string of the molecule is COCC(C)(C)NCc1cc(F)c(O)c(F)c1. The van der Waals surface area contributed by atoms with E-state index < -0.39 is 17.4 Å². The summed E-state index contributed by atoms with van der Waals surface area (Å²) in [5, 5.41) is 12.1. The first-order valence-electron chi connectivity index (χ1n) is 5.26. The normalized spacial score (nSPS) is 11.8. The summed E-state index contributed by atoms with van der Waals surface area (Å²) in [5.74, 6) is -2.84. The van der Waals surface area contributed by atoms with Crippen LogP contribution < -0.4 is 5.32 Å². The summed E-state index contributed by atoms with van der Waals surface area (Å²) in [6, 6.07) is 2.21. The molecule has 1 aromatic carbocycles. The number of ether oxygens (including phenoxy) is 1. The Labute approximate surface area is 99.4 Å². The van der Waals surface area contributed by atoms with Crippen LogP contribution in [0.25, 0.3) is 0 Å². The summed E-state index contributed by atoms with van der Waals surface area (Å²) in [4.78, 5) is 0. The fraction of sp³-hybridized carbons (Fsp3) is 0.500. The molecule has 0 amide bonds. The molecule has 0 aliphatic rings. The van der Waals surface area contributed by atoms with Crippen LogP contribution in [0.2, 0.25) is 0 Å². The number of halogens is 2. The minimum absolute atomic E-state index is 0.292. The molecule has 0 saturated heterocycles. The van der Waals surface area contributed by atoms with E-state index in [1.807, 2.05) is 13.8 Å². The standard InChI is InChI=1S/C12H17F2NO2/c1-12(2,7-17-3)15-6-8-4-9(13)11(16)10(14)5-8/h4-5,15-16H,6-7H2,1-3H3. The van der Waals surface area contributed by atoms with E-state index in [0.29, 0.717) is 18.7 Å². The van der Waals surface area contributed by atoms with Crippen molar-refractivity contribution in [3.63, 3.8) is 0 Å². The first-order valence-corrected chi connectivity index (χ1v) is 5.26. The van der Waals surface area contributed by atoms with Crippen LogP contribution >= 0.6 is 0 Å². The third-order valence-corrected chi connectivity index (χ3v) is 2.35. The maximum Gasteiger partial charge on any atom is 0.187 e. The van der Waals surface area contributed by atoms with Gasteiger partial charge in [0.25, 0.3) is 0 Å². The molecule has 0 bridgehead atoms. The van der Waals surface area contributed by atoms with E-state index in [1.165, 1.54) is 0 Å². The zero-order chi connectivity index (χ0) is 13.1. The lowest BCUT2D eigenvalue weighted by atomic mass is 10.1. The van der Waals surface area contributed by atoms with Crippen LogP contribution in [-0.2, 0) is 11.3 Å². The number of rotatable bonds is 5. The Hall–Kier alpha value is -1.20. The fourth-order valence-corrected chi connectivity index (χ4v) is 1.47. The highest BCUT2D eigenvalue weighted by molar-refractivity contribution is 5.30. The zero-order valence-electron chi connectivity index (χ0n) is 10.2. The third kappa shape index (κ3) is 3.94. The summed E-state index contributed by atoms with van der Waals surface area (Å²) >= 11 is 0. The number of phenolic OH excluding ortho intramolecular Hbond substituents is 1. The van der Waals surface area contributed by atoms with E-state index in [-0.39, 0.29) is 5.54 Å². The van der Waals surface area contributed by atoms with Gasteiger partial charge in [0.1, 0.15) is 0 Å². The van der Waals surface area contributed by atoms with Gasteiger partial charge in [0, 0.05) is 19.2 Å². The molecule has 1 aromatic rings. The summed E-state index contributed by atoms with van der Waals surface area (Å²) in [6.07, 6.45) is 0. The second-order valence-electron chi connectivity index (χ2n) is 4.58. The van der Waals surface area contributed by atoms with Gasteiger partial charge in [0.15, 0.2) is 17.4 Å². The van der Waals surface area contributed by atoms with Gasteiger partial charge in [-0.1, -0.05) is 0 Å². The van der Waals surface area contributed by atoms with Gasteiger partial charge in [-0.25, -0.2) is 8.78 Å². The van der Waals surface area contributed by atoms with Crippen LogP contribution in [0.15, 0.2) is 12.1 Å². The quantitative estimate of drug-likeness (QED) is 0.835. The largest absolute Gasteiger partial charge is 0.503 e. The lowest BCUT2D eigenvalue weighted by Crippen LogP contribution is -2.42. The Morgan fingerprint density at radius 2 is 1.82 bits per heavy atom. The Balaban J connectivity index is 2.70. The molecule has 17 heavy (non-hydrogen) atoms. The van der Waals surface area contributed by atoms with Gasteiger partial charge >= 0.3 is 0 Å². The van der Waals surface area contributed by atoms with Gasteiger partial charge in [0.05, 0.1) is 6.61 Å². The average Bonchev–Trinajstić information content (AvgIpc) is 2.23. The molecule has 0 radical (unpaired) electrons. The molecule has 0 saturated carbocycles. The van der Waals surface area contributed by atoms with Gasteiger partial charge in [0.2, 0.25) is 0 Å². The van der Waals surface area contributed by atoms with E-state index in [4.69, 9.17) is 9.84 Å². The van der Waals surface area contributed by atoms with E-state index in [1.54, 1.807) is 7.11 Å². The molecule has 0 aliphatic carbocycles. The number of aromatic hydroxyl groups is 1.